The number of nitrogens with zero attached hydrogens (tertiary/aromatic N) is 5. The summed E-state index contributed by atoms with van der Waals surface area (Å²) in [5.74, 6) is -1.68. The van der Waals surface area contributed by atoms with Gasteiger partial charge >= 0.3 is 11.9 Å². The number of carbonyl (C=O) groups excluding carboxylic acids is 2. The van der Waals surface area contributed by atoms with Crippen LogP contribution in [0, 0.1) is 12.7 Å². The van der Waals surface area contributed by atoms with Crippen LogP contribution in [0.2, 0.25) is 5.02 Å². The molecule has 1 N–H and O–H groups in total. The van der Waals surface area contributed by atoms with E-state index in [1.807, 2.05) is 6.92 Å². The van der Waals surface area contributed by atoms with E-state index in [1.54, 1.807) is 30.0 Å². The maximum Gasteiger partial charge on any atom is 0.408 e. The number of rotatable bonds is 6. The van der Waals surface area contributed by atoms with Crippen molar-refractivity contribution < 1.29 is 27.2 Å². The molecule has 1 atom stereocenters. The molecule has 0 unspecified atom stereocenters. The Balaban J connectivity index is 1.45. The number of aryl methyl sites for hydroxylation is 1. The molecule has 0 bridgehead atoms. The maximum atomic E-state index is 14.6. The Kier molecular flexibility index (Phi) is 8.51. The molecular weight excluding hydrogens is 708 g/mol. The summed E-state index contributed by atoms with van der Waals surface area (Å²) < 4.78 is 58.1. The number of carbonyl (C=O) groups is 2. The second-order valence-corrected chi connectivity index (χ2v) is 12.6. The number of alkyl halides is 3. The molecule has 0 spiro atoms. The average molecular weight is 734 g/mol. The second kappa shape index (κ2) is 12.3. The van der Waals surface area contributed by atoms with Gasteiger partial charge in [-0.05, 0) is 67.9 Å². The molecule has 0 radical (unpaired) electrons. The molecule has 0 saturated heterocycles. The molecule has 6 rings (SSSR count). The third-order valence-electron chi connectivity index (χ3n) is 8.12. The molecule has 3 heterocycles. The van der Waals surface area contributed by atoms with Crippen LogP contribution in [0.5, 0.6) is 0 Å². The van der Waals surface area contributed by atoms with Gasteiger partial charge < -0.3 is 10.2 Å². The molecule has 0 aliphatic carbocycles. The highest BCUT2D eigenvalue weighted by Crippen LogP contribution is 2.28. The van der Waals surface area contributed by atoms with Crippen LogP contribution in [-0.2, 0) is 26.2 Å². The maximum absolute atomic E-state index is 14.6. The zero-order valence-electron chi connectivity index (χ0n) is 24.9. The number of aromatic nitrogens is 4. The van der Waals surface area contributed by atoms with E-state index in [-0.39, 0.29) is 58.7 Å². The van der Waals surface area contributed by atoms with E-state index in [0.717, 1.165) is 19.3 Å². The topological polar surface area (TPSA) is 94.2 Å². The Hall–Kier alpha value is -4.43. The zero-order chi connectivity index (χ0) is 33.8. The largest absolute Gasteiger partial charge is 0.408 e. The van der Waals surface area contributed by atoms with Gasteiger partial charge in [0.2, 0.25) is 0 Å². The monoisotopic (exact) mass is 732 g/mol. The molecule has 2 aromatic heterocycles. The van der Waals surface area contributed by atoms with Crippen LogP contribution >= 0.6 is 27.5 Å². The van der Waals surface area contributed by atoms with Gasteiger partial charge in [-0.2, -0.15) is 18.3 Å². The van der Waals surface area contributed by atoms with Gasteiger partial charge in [-0.3, -0.25) is 23.4 Å². The number of nitrogens with one attached hydrogen (secondary N) is 1. The fraction of sp³-hybridized carbons (Fsp3) is 0.250. The first-order valence-electron chi connectivity index (χ1n) is 14.4. The number of hydrogen-bond acceptors (Lipinski definition) is 4. The van der Waals surface area contributed by atoms with Gasteiger partial charge in [0.25, 0.3) is 11.8 Å². The summed E-state index contributed by atoms with van der Waals surface area (Å²) in [4.78, 5) is 43.3. The van der Waals surface area contributed by atoms with Crippen LogP contribution in [0.3, 0.4) is 0 Å². The number of hydrogen-bond donors (Lipinski definition) is 1. The molecule has 0 saturated carbocycles. The van der Waals surface area contributed by atoms with Gasteiger partial charge in [0.1, 0.15) is 18.1 Å². The van der Waals surface area contributed by atoms with Crippen molar-refractivity contribution in [1.29, 1.82) is 0 Å². The predicted molar refractivity (Wildman–Crippen MR) is 170 cm³/mol. The molecule has 5 aromatic rings. The summed E-state index contributed by atoms with van der Waals surface area (Å²) in [6, 6.07) is 13.1. The third kappa shape index (κ3) is 6.19. The van der Waals surface area contributed by atoms with Crippen LogP contribution in [0.25, 0.3) is 16.6 Å². The fourth-order valence-corrected chi connectivity index (χ4v) is 6.24. The number of halogens is 6. The summed E-state index contributed by atoms with van der Waals surface area (Å²) in [5.41, 5.74) is 1.23. The zero-order valence-corrected chi connectivity index (χ0v) is 27.2. The van der Waals surface area contributed by atoms with Crippen molar-refractivity contribution in [2.45, 2.75) is 52.2 Å². The van der Waals surface area contributed by atoms with E-state index in [4.69, 9.17) is 11.6 Å². The van der Waals surface area contributed by atoms with Crippen LogP contribution < -0.4 is 11.0 Å². The Labute approximate surface area is 278 Å². The molecule has 9 nitrogen and oxygen atoms in total. The van der Waals surface area contributed by atoms with Gasteiger partial charge in [0.05, 0.1) is 29.6 Å². The highest BCUT2D eigenvalue weighted by Gasteiger charge is 2.36. The highest BCUT2D eigenvalue weighted by atomic mass is 79.9. The molecule has 2 amide bonds. The summed E-state index contributed by atoms with van der Waals surface area (Å²) in [7, 11) is 0. The first-order valence-corrected chi connectivity index (χ1v) is 15.6. The number of imidazole rings is 1. The van der Waals surface area contributed by atoms with Crippen molar-refractivity contribution in [2.24, 2.45) is 0 Å². The number of benzene rings is 3. The lowest BCUT2D eigenvalue weighted by atomic mass is 10.1. The minimum atomic E-state index is -4.50. The predicted octanol–water partition coefficient (Wildman–Crippen LogP) is 6.39. The molecular formula is C32H26BrClF4N6O3. The van der Waals surface area contributed by atoms with Gasteiger partial charge in [-0.1, -0.05) is 33.6 Å². The van der Waals surface area contributed by atoms with E-state index in [2.05, 4.69) is 26.3 Å². The van der Waals surface area contributed by atoms with Crippen molar-refractivity contribution in [3.8, 4) is 5.69 Å². The van der Waals surface area contributed by atoms with Crippen molar-refractivity contribution >= 4 is 50.2 Å². The minimum Gasteiger partial charge on any atom is -0.346 e. The van der Waals surface area contributed by atoms with E-state index in [9.17, 15) is 31.9 Å². The quantitative estimate of drug-likeness (QED) is 0.205. The highest BCUT2D eigenvalue weighted by molar-refractivity contribution is 9.10. The van der Waals surface area contributed by atoms with E-state index in [1.165, 1.54) is 47.2 Å². The standard InChI is InChI=1S/C32H26BrClF4N6O3/c1-17-10-19(6-8-23(17)33)30(46)41-15-27-28(29(45)39-13-22-24(34)4-3-5-25(22)35)44(31(47)42(27)14-18(41)2)21-7-9-26-20(11-21)12-40-43(26)16-32(36,37)38/h3-12,18H,13-16H2,1-2H3,(H,39,45)/t18-/m0/s1. The Bertz CT molecular complexity index is 2100. The Morgan fingerprint density at radius 3 is 2.60 bits per heavy atom. The van der Waals surface area contributed by atoms with Gasteiger partial charge in [-0.25, -0.2) is 9.18 Å². The van der Waals surface area contributed by atoms with Gasteiger partial charge in [0.15, 0.2) is 0 Å². The van der Waals surface area contributed by atoms with Crippen molar-refractivity contribution in [2.75, 3.05) is 0 Å². The molecule has 244 valence electrons. The van der Waals surface area contributed by atoms with Crippen LogP contribution in [0.4, 0.5) is 17.6 Å². The summed E-state index contributed by atoms with van der Waals surface area (Å²) in [6.45, 7) is 2.00. The van der Waals surface area contributed by atoms with E-state index in [0.29, 0.717) is 10.9 Å². The first kappa shape index (κ1) is 32.5. The van der Waals surface area contributed by atoms with Crippen LogP contribution in [0.1, 0.15) is 44.6 Å². The molecule has 1 aliphatic heterocycles. The molecule has 47 heavy (non-hydrogen) atoms. The minimum absolute atomic E-state index is 0.0408. The van der Waals surface area contributed by atoms with E-state index >= 15 is 0 Å². The van der Waals surface area contributed by atoms with Crippen LogP contribution in [0.15, 0.2) is 70.1 Å². The number of amides is 2. The smallest absolute Gasteiger partial charge is 0.346 e. The van der Waals surface area contributed by atoms with E-state index < -0.39 is 36.2 Å². The fourth-order valence-electron chi connectivity index (χ4n) is 5.77. The van der Waals surface area contributed by atoms with Gasteiger partial charge in [0, 0.05) is 45.1 Å². The molecule has 0 fully saturated rings. The van der Waals surface area contributed by atoms with Gasteiger partial charge in [-0.15, -0.1) is 0 Å². The SMILES string of the molecule is Cc1cc(C(=O)N2Cc3c(C(=O)NCc4c(F)cccc4Cl)n(-c4ccc5c(cnn5CC(F)(F)F)c4)c(=O)n3C[C@@H]2C)ccc1Br. The third-order valence-corrected chi connectivity index (χ3v) is 9.37. The summed E-state index contributed by atoms with van der Waals surface area (Å²) >= 11 is 9.61. The van der Waals surface area contributed by atoms with Crippen LogP contribution in [-0.4, -0.2) is 47.8 Å². The summed E-state index contributed by atoms with van der Waals surface area (Å²) in [6.07, 6.45) is -3.26. The normalized spacial score (nSPS) is 14.8. The Morgan fingerprint density at radius 2 is 1.89 bits per heavy atom. The first-order chi connectivity index (χ1) is 22.2. The lowest BCUT2D eigenvalue weighted by Gasteiger charge is -2.34. The summed E-state index contributed by atoms with van der Waals surface area (Å²) in [5, 5.41) is 6.91. The number of fused-ring (bicyclic) bond motifs is 2. The molecule has 15 heteroatoms. The van der Waals surface area contributed by atoms with Crippen molar-refractivity contribution in [3.63, 3.8) is 0 Å². The lowest BCUT2D eigenvalue weighted by Crippen LogP contribution is -2.47. The lowest BCUT2D eigenvalue weighted by molar-refractivity contribution is -0.141. The second-order valence-electron chi connectivity index (χ2n) is 11.3. The molecule has 1 aliphatic rings. The molecule has 3 aromatic carbocycles. The Morgan fingerprint density at radius 1 is 1.13 bits per heavy atom. The van der Waals surface area contributed by atoms with Crippen molar-refractivity contribution in [1.82, 2.24) is 29.1 Å². The average Bonchev–Trinajstić information content (AvgIpc) is 3.53. The van der Waals surface area contributed by atoms with Crippen molar-refractivity contribution in [3.05, 3.63) is 115 Å².